The highest BCUT2D eigenvalue weighted by Gasteiger charge is 2.45. The Morgan fingerprint density at radius 1 is 1.00 bits per heavy atom. The second kappa shape index (κ2) is 10.6. The molecule has 0 saturated heterocycles. The minimum Gasteiger partial charge on any atom is -0.503 e. The van der Waals surface area contributed by atoms with Crippen molar-refractivity contribution in [3.05, 3.63) is 124 Å². The lowest BCUT2D eigenvalue weighted by atomic mass is 9.95. The number of hydrogen-bond donors (Lipinski definition) is 1. The van der Waals surface area contributed by atoms with Gasteiger partial charge in [0.1, 0.15) is 17.4 Å². The normalized spacial score (nSPS) is 15.5. The molecule has 0 aliphatic carbocycles. The highest BCUT2D eigenvalue weighted by atomic mass is 32.1. The number of nitrogens with zero attached hydrogens (tertiary/aromatic N) is 3. The maximum atomic E-state index is 13.3. The number of ether oxygens (including phenoxy) is 1. The molecule has 37 heavy (non-hydrogen) atoms. The smallest absolute Gasteiger partial charge is 0.296 e. The van der Waals surface area contributed by atoms with Crippen LogP contribution in [0.3, 0.4) is 0 Å². The molecule has 184 valence electrons. The van der Waals surface area contributed by atoms with Gasteiger partial charge in [-0.3, -0.25) is 14.5 Å². The van der Waals surface area contributed by atoms with Gasteiger partial charge in [-0.15, -0.1) is 10.2 Å². The maximum absolute atomic E-state index is 13.3. The Labute approximate surface area is 218 Å². The standard InChI is InChI=1S/C29H23N3O4S/c1-19-30-31-29(37-19)32-26(22-13-15-23(16-14-22)36-18-21-10-6-3-7-11-21)25(27(34)28(32)35)24(33)17-12-20-8-4-2-5-9-20/h2-17,26,34H,18H2,1H3. The number of carbonyl (C=O) groups excluding carboxylic acids is 2. The van der Waals surface area contributed by atoms with Crippen LogP contribution in [0.5, 0.6) is 5.75 Å². The number of rotatable bonds is 8. The second-order valence-electron chi connectivity index (χ2n) is 8.40. The minimum atomic E-state index is -0.865. The number of anilines is 1. The molecule has 4 aromatic rings. The van der Waals surface area contributed by atoms with Crippen LogP contribution < -0.4 is 9.64 Å². The number of carbonyl (C=O) groups is 2. The first-order valence-electron chi connectivity index (χ1n) is 11.6. The van der Waals surface area contributed by atoms with Crippen LogP contribution in [0.15, 0.2) is 102 Å². The summed E-state index contributed by atoms with van der Waals surface area (Å²) >= 11 is 1.21. The Kier molecular flexibility index (Phi) is 6.91. The predicted octanol–water partition coefficient (Wildman–Crippen LogP) is 5.61. The van der Waals surface area contributed by atoms with Crippen LogP contribution >= 0.6 is 11.3 Å². The molecule has 0 bridgehead atoms. The van der Waals surface area contributed by atoms with Gasteiger partial charge in [-0.1, -0.05) is 90.2 Å². The van der Waals surface area contributed by atoms with Gasteiger partial charge in [0.05, 0.1) is 11.6 Å². The third kappa shape index (κ3) is 5.19. The zero-order chi connectivity index (χ0) is 25.8. The molecule has 3 aromatic carbocycles. The van der Waals surface area contributed by atoms with Crippen molar-refractivity contribution in [2.24, 2.45) is 0 Å². The third-order valence-electron chi connectivity index (χ3n) is 5.87. The van der Waals surface area contributed by atoms with E-state index in [2.05, 4.69) is 10.2 Å². The van der Waals surface area contributed by atoms with Crippen molar-refractivity contribution >= 4 is 34.2 Å². The molecule has 0 saturated carbocycles. The molecule has 8 heteroatoms. The number of ketones is 1. The maximum Gasteiger partial charge on any atom is 0.296 e. The highest BCUT2D eigenvalue weighted by molar-refractivity contribution is 7.15. The molecule has 7 nitrogen and oxygen atoms in total. The second-order valence-corrected chi connectivity index (χ2v) is 9.56. The van der Waals surface area contributed by atoms with E-state index in [1.54, 1.807) is 37.3 Å². The lowest BCUT2D eigenvalue weighted by Gasteiger charge is -2.24. The Morgan fingerprint density at radius 2 is 1.68 bits per heavy atom. The van der Waals surface area contributed by atoms with Crippen molar-refractivity contribution < 1.29 is 19.4 Å². The quantitative estimate of drug-likeness (QED) is 0.311. The van der Waals surface area contributed by atoms with Crippen LogP contribution in [0.4, 0.5) is 5.13 Å². The fraction of sp³-hybridized carbons (Fsp3) is 0.103. The average molecular weight is 510 g/mol. The zero-order valence-electron chi connectivity index (χ0n) is 19.9. The Bertz CT molecular complexity index is 1480. The number of benzene rings is 3. The summed E-state index contributed by atoms with van der Waals surface area (Å²) < 4.78 is 5.89. The Morgan fingerprint density at radius 3 is 2.32 bits per heavy atom. The first kappa shape index (κ1) is 24.1. The van der Waals surface area contributed by atoms with Crippen molar-refractivity contribution in [1.82, 2.24) is 10.2 Å². The lowest BCUT2D eigenvalue weighted by molar-refractivity contribution is -0.117. The van der Waals surface area contributed by atoms with Gasteiger partial charge in [-0.25, -0.2) is 0 Å². The summed E-state index contributed by atoms with van der Waals surface area (Å²) in [5, 5.41) is 19.9. The molecule has 1 amide bonds. The van der Waals surface area contributed by atoms with Gasteiger partial charge in [0.25, 0.3) is 5.91 Å². The zero-order valence-corrected chi connectivity index (χ0v) is 20.8. The van der Waals surface area contributed by atoms with E-state index in [9.17, 15) is 14.7 Å². The third-order valence-corrected chi connectivity index (χ3v) is 6.70. The summed E-state index contributed by atoms with van der Waals surface area (Å²) in [6, 6.07) is 25.4. The summed E-state index contributed by atoms with van der Waals surface area (Å²) in [5.74, 6) is -1.11. The van der Waals surface area contributed by atoms with Crippen LogP contribution in [0, 0.1) is 6.92 Å². The van der Waals surface area contributed by atoms with Gasteiger partial charge in [-0.05, 0) is 41.8 Å². The fourth-order valence-electron chi connectivity index (χ4n) is 4.07. The number of aliphatic hydroxyl groups excluding tert-OH is 1. The average Bonchev–Trinajstić information content (AvgIpc) is 3.47. The van der Waals surface area contributed by atoms with Gasteiger partial charge < -0.3 is 9.84 Å². The van der Waals surface area contributed by atoms with Gasteiger partial charge in [-0.2, -0.15) is 0 Å². The Balaban J connectivity index is 1.46. The van der Waals surface area contributed by atoms with Crippen LogP contribution in [-0.2, 0) is 16.2 Å². The van der Waals surface area contributed by atoms with E-state index in [1.807, 2.05) is 60.7 Å². The summed E-state index contributed by atoms with van der Waals surface area (Å²) in [7, 11) is 0. The number of amides is 1. The molecule has 1 N–H and O–H groups in total. The molecule has 1 atom stereocenters. The summed E-state index contributed by atoms with van der Waals surface area (Å²) in [6.45, 7) is 2.19. The van der Waals surface area contributed by atoms with Crippen molar-refractivity contribution in [2.75, 3.05) is 4.90 Å². The van der Waals surface area contributed by atoms with Crippen molar-refractivity contribution in [2.45, 2.75) is 19.6 Å². The monoisotopic (exact) mass is 509 g/mol. The van der Waals surface area contributed by atoms with Crippen LogP contribution in [0.25, 0.3) is 6.08 Å². The number of aliphatic hydroxyl groups is 1. The van der Waals surface area contributed by atoms with E-state index in [4.69, 9.17) is 4.74 Å². The number of allylic oxidation sites excluding steroid dienone is 1. The van der Waals surface area contributed by atoms with Crippen molar-refractivity contribution in [3.63, 3.8) is 0 Å². The lowest BCUT2D eigenvalue weighted by Crippen LogP contribution is -2.30. The van der Waals surface area contributed by atoms with E-state index in [0.717, 1.165) is 11.1 Å². The van der Waals surface area contributed by atoms with Crippen LogP contribution in [0.1, 0.15) is 27.7 Å². The predicted molar refractivity (Wildman–Crippen MR) is 142 cm³/mol. The first-order chi connectivity index (χ1) is 18.0. The molecule has 0 fully saturated rings. The molecule has 0 radical (unpaired) electrons. The minimum absolute atomic E-state index is 0.0111. The number of hydrogen-bond acceptors (Lipinski definition) is 7. The molecular weight excluding hydrogens is 486 g/mol. The van der Waals surface area contributed by atoms with E-state index in [0.29, 0.717) is 28.1 Å². The van der Waals surface area contributed by atoms with Crippen molar-refractivity contribution in [1.29, 1.82) is 0 Å². The van der Waals surface area contributed by atoms with Crippen molar-refractivity contribution in [3.8, 4) is 5.75 Å². The molecular formula is C29H23N3O4S. The summed E-state index contributed by atoms with van der Waals surface area (Å²) in [4.78, 5) is 27.8. The number of aromatic nitrogens is 2. The van der Waals surface area contributed by atoms with E-state index < -0.39 is 23.5 Å². The fourth-order valence-corrected chi connectivity index (χ4v) is 4.78. The van der Waals surface area contributed by atoms with Crippen LogP contribution in [-0.4, -0.2) is 27.0 Å². The number of aryl methyl sites for hydroxylation is 1. The van der Waals surface area contributed by atoms with Gasteiger partial charge in [0.2, 0.25) is 5.13 Å². The summed E-state index contributed by atoms with van der Waals surface area (Å²) in [6.07, 6.45) is 3.02. The molecule has 1 unspecified atom stereocenters. The largest absolute Gasteiger partial charge is 0.503 e. The van der Waals surface area contributed by atoms with E-state index in [-0.39, 0.29) is 5.57 Å². The van der Waals surface area contributed by atoms with Crippen LogP contribution in [0.2, 0.25) is 0 Å². The molecule has 1 aromatic heterocycles. The van der Waals surface area contributed by atoms with E-state index >= 15 is 0 Å². The van der Waals surface area contributed by atoms with Gasteiger partial charge >= 0.3 is 0 Å². The SMILES string of the molecule is Cc1nnc(N2C(=O)C(O)=C(C(=O)C=Cc3ccccc3)C2c2ccc(OCc3ccccc3)cc2)s1. The topological polar surface area (TPSA) is 92.6 Å². The molecule has 1 aliphatic heterocycles. The molecule has 2 heterocycles. The van der Waals surface area contributed by atoms with E-state index in [1.165, 1.54) is 22.3 Å². The molecule has 0 spiro atoms. The first-order valence-corrected chi connectivity index (χ1v) is 12.4. The molecule has 5 rings (SSSR count). The highest BCUT2D eigenvalue weighted by Crippen LogP contribution is 2.42. The Hall–Kier alpha value is -4.56. The van der Waals surface area contributed by atoms with Gasteiger partial charge in [0, 0.05) is 0 Å². The van der Waals surface area contributed by atoms with Gasteiger partial charge in [0.15, 0.2) is 11.5 Å². The summed E-state index contributed by atoms with van der Waals surface area (Å²) in [5.41, 5.74) is 2.49. The molecule has 1 aliphatic rings.